The lowest BCUT2D eigenvalue weighted by molar-refractivity contribution is -0.112. The fourth-order valence-electron chi connectivity index (χ4n) is 4.63. The van der Waals surface area contributed by atoms with E-state index < -0.39 is 13.2 Å². The molecule has 0 saturated carbocycles. The fraction of sp³-hybridized carbons (Fsp3) is 0.360. The first-order chi connectivity index (χ1) is 16.8. The molecule has 2 aliphatic rings. The number of carbonyl (C=O) groups excluding carboxylic acids is 1. The molecule has 0 radical (unpaired) electrons. The van der Waals surface area contributed by atoms with Crippen molar-refractivity contribution in [1.82, 2.24) is 25.3 Å². The topological polar surface area (TPSA) is 103 Å². The number of aromatic nitrogens is 3. The van der Waals surface area contributed by atoms with E-state index in [4.69, 9.17) is 9.97 Å². The van der Waals surface area contributed by atoms with Crippen molar-refractivity contribution >= 4 is 42.1 Å². The summed E-state index contributed by atoms with van der Waals surface area (Å²) in [5, 5.41) is 10.5. The number of carbonyl (C=O) groups is 1. The highest BCUT2D eigenvalue weighted by atomic mass is 31.2. The second kappa shape index (κ2) is 9.15. The standard InChI is InChI=1S/C25H30N7O2P/c1-16(2)31-21(15-33)20-14-27-25(28-19-9-8-17-10-11-26-13-18(17)12-19)30-24(20)32(31)22-6-5-7-23(29-22)35(3,4)34/h5-9,12,14-16,21,26H,10-11,13H2,1-4H3,(H,27,28,30). The lowest BCUT2D eigenvalue weighted by Crippen LogP contribution is -2.43. The molecule has 2 aromatic heterocycles. The molecule has 1 aromatic carbocycles. The number of fused-ring (bicyclic) bond motifs is 2. The van der Waals surface area contributed by atoms with Crippen molar-refractivity contribution in [2.45, 2.75) is 38.9 Å². The molecule has 0 spiro atoms. The Bertz CT molecular complexity index is 1320. The number of hydrogen-bond donors (Lipinski definition) is 2. The van der Waals surface area contributed by atoms with Gasteiger partial charge in [-0.25, -0.2) is 15.0 Å². The molecule has 1 atom stereocenters. The van der Waals surface area contributed by atoms with Crippen molar-refractivity contribution in [3.05, 3.63) is 59.3 Å². The van der Waals surface area contributed by atoms with Crippen molar-refractivity contribution < 1.29 is 9.36 Å². The molecule has 182 valence electrons. The minimum absolute atomic E-state index is 0.0236. The quantitative estimate of drug-likeness (QED) is 0.396. The lowest BCUT2D eigenvalue weighted by Gasteiger charge is -2.34. The number of hydrogen-bond acceptors (Lipinski definition) is 9. The lowest BCUT2D eigenvalue weighted by atomic mass is 10.0. The van der Waals surface area contributed by atoms with E-state index in [0.29, 0.717) is 28.6 Å². The van der Waals surface area contributed by atoms with E-state index in [1.54, 1.807) is 25.6 Å². The summed E-state index contributed by atoms with van der Waals surface area (Å²) in [6.07, 6.45) is 3.63. The van der Waals surface area contributed by atoms with Crippen LogP contribution in [0.4, 0.5) is 23.3 Å². The van der Waals surface area contributed by atoms with Gasteiger partial charge in [-0.15, -0.1) is 0 Å². The van der Waals surface area contributed by atoms with E-state index in [9.17, 15) is 9.36 Å². The number of nitrogens with one attached hydrogen (secondary N) is 2. The van der Waals surface area contributed by atoms with Crippen LogP contribution < -0.4 is 21.1 Å². The second-order valence-corrected chi connectivity index (χ2v) is 12.7. The van der Waals surface area contributed by atoms with Crippen LogP contribution in [0.2, 0.25) is 0 Å². The highest BCUT2D eigenvalue weighted by Crippen LogP contribution is 2.43. The maximum absolute atomic E-state index is 12.7. The monoisotopic (exact) mass is 491 g/mol. The van der Waals surface area contributed by atoms with E-state index in [2.05, 4.69) is 27.8 Å². The molecule has 2 aliphatic heterocycles. The average Bonchev–Trinajstić information content (AvgIpc) is 3.17. The summed E-state index contributed by atoms with van der Waals surface area (Å²) in [5.41, 5.74) is 4.76. The van der Waals surface area contributed by atoms with Gasteiger partial charge in [-0.05, 0) is 75.5 Å². The van der Waals surface area contributed by atoms with Gasteiger partial charge in [0.2, 0.25) is 5.95 Å². The Morgan fingerprint density at radius 1 is 1.17 bits per heavy atom. The average molecular weight is 492 g/mol. The van der Waals surface area contributed by atoms with Crippen molar-refractivity contribution in [3.8, 4) is 0 Å². The Labute approximate surface area is 205 Å². The van der Waals surface area contributed by atoms with Crippen LogP contribution in [0.5, 0.6) is 0 Å². The Kier molecular flexibility index (Phi) is 6.17. The predicted molar refractivity (Wildman–Crippen MR) is 138 cm³/mol. The van der Waals surface area contributed by atoms with Gasteiger partial charge in [-0.1, -0.05) is 12.1 Å². The summed E-state index contributed by atoms with van der Waals surface area (Å²) in [7, 11) is -2.58. The normalized spacial score (nSPS) is 17.9. The molecule has 9 nitrogen and oxygen atoms in total. The number of benzene rings is 1. The SMILES string of the molecule is CC(C)N1C(C=O)c2cnc(Nc3ccc4c(c3)CNCC4)nc2N1c1cccc(P(C)(C)=O)n1. The first kappa shape index (κ1) is 23.6. The van der Waals surface area contributed by atoms with Crippen molar-refractivity contribution in [1.29, 1.82) is 0 Å². The van der Waals surface area contributed by atoms with Crippen LogP contribution in [0.3, 0.4) is 0 Å². The molecule has 35 heavy (non-hydrogen) atoms. The Balaban J connectivity index is 1.56. The highest BCUT2D eigenvalue weighted by molar-refractivity contribution is 7.69. The third-order valence-electron chi connectivity index (χ3n) is 6.33. The third-order valence-corrected chi connectivity index (χ3v) is 7.68. The fourth-order valence-corrected chi connectivity index (χ4v) is 5.42. The minimum atomic E-state index is -2.58. The molecule has 0 bridgehead atoms. The van der Waals surface area contributed by atoms with E-state index in [1.807, 2.05) is 42.1 Å². The van der Waals surface area contributed by atoms with Gasteiger partial charge in [0.15, 0.2) is 5.82 Å². The van der Waals surface area contributed by atoms with Crippen LogP contribution in [-0.2, 0) is 22.3 Å². The van der Waals surface area contributed by atoms with E-state index >= 15 is 0 Å². The van der Waals surface area contributed by atoms with E-state index in [-0.39, 0.29) is 6.04 Å². The summed E-state index contributed by atoms with van der Waals surface area (Å²) < 4.78 is 12.7. The molecule has 10 heteroatoms. The van der Waals surface area contributed by atoms with Gasteiger partial charge in [-0.2, -0.15) is 9.99 Å². The molecular weight excluding hydrogens is 461 g/mol. The van der Waals surface area contributed by atoms with Gasteiger partial charge in [0, 0.05) is 30.0 Å². The summed E-state index contributed by atoms with van der Waals surface area (Å²) in [4.78, 5) is 26.2. The maximum atomic E-state index is 12.7. The molecule has 3 aromatic rings. The van der Waals surface area contributed by atoms with Gasteiger partial charge < -0.3 is 20.0 Å². The zero-order valence-corrected chi connectivity index (χ0v) is 21.3. The summed E-state index contributed by atoms with van der Waals surface area (Å²) in [6.45, 7) is 9.26. The number of aldehydes is 1. The van der Waals surface area contributed by atoms with Crippen molar-refractivity contribution in [2.24, 2.45) is 0 Å². The first-order valence-corrected chi connectivity index (χ1v) is 14.4. The zero-order chi connectivity index (χ0) is 24.7. The van der Waals surface area contributed by atoms with Gasteiger partial charge in [0.1, 0.15) is 30.7 Å². The second-order valence-electron chi connectivity index (χ2n) is 9.58. The minimum Gasteiger partial charge on any atom is -0.324 e. The zero-order valence-electron chi connectivity index (χ0n) is 20.4. The molecule has 5 rings (SSSR count). The highest BCUT2D eigenvalue weighted by Gasteiger charge is 2.41. The van der Waals surface area contributed by atoms with E-state index in [1.165, 1.54) is 11.1 Å². The van der Waals surface area contributed by atoms with E-state index in [0.717, 1.165) is 31.5 Å². The Morgan fingerprint density at radius 2 is 2.00 bits per heavy atom. The summed E-state index contributed by atoms with van der Waals surface area (Å²) in [6, 6.07) is 11.2. The number of rotatable bonds is 6. The third kappa shape index (κ3) is 4.47. The van der Waals surface area contributed by atoms with Crippen LogP contribution >= 0.6 is 7.14 Å². The number of nitrogens with zero attached hydrogens (tertiary/aromatic N) is 5. The van der Waals surface area contributed by atoms with Crippen molar-refractivity contribution in [2.75, 3.05) is 30.2 Å². The Hall–Kier alpha value is -3.13. The summed E-state index contributed by atoms with van der Waals surface area (Å²) >= 11 is 0. The van der Waals surface area contributed by atoms with Crippen LogP contribution in [0.15, 0.2) is 42.6 Å². The molecule has 2 N–H and O–H groups in total. The van der Waals surface area contributed by atoms with Gasteiger partial charge in [0.05, 0.1) is 0 Å². The molecule has 4 heterocycles. The number of hydrazine groups is 1. The van der Waals surface area contributed by atoms with Crippen LogP contribution in [0.1, 0.15) is 36.6 Å². The van der Waals surface area contributed by atoms with Gasteiger partial charge in [0.25, 0.3) is 0 Å². The van der Waals surface area contributed by atoms with Crippen molar-refractivity contribution in [3.63, 3.8) is 0 Å². The number of pyridine rings is 1. The first-order valence-electron chi connectivity index (χ1n) is 11.8. The molecule has 0 aliphatic carbocycles. The maximum Gasteiger partial charge on any atom is 0.229 e. The molecule has 0 amide bonds. The van der Waals surface area contributed by atoms with Gasteiger partial charge in [-0.3, -0.25) is 0 Å². The smallest absolute Gasteiger partial charge is 0.229 e. The summed E-state index contributed by atoms with van der Waals surface area (Å²) in [5.74, 6) is 1.58. The predicted octanol–water partition coefficient (Wildman–Crippen LogP) is 3.53. The largest absolute Gasteiger partial charge is 0.324 e. The van der Waals surface area contributed by atoms with Gasteiger partial charge >= 0.3 is 0 Å². The van der Waals surface area contributed by atoms with Crippen LogP contribution in [0, 0.1) is 0 Å². The molecular formula is C25H30N7O2P. The Morgan fingerprint density at radius 3 is 2.74 bits per heavy atom. The molecule has 1 unspecified atom stereocenters. The van der Waals surface area contributed by atoms with Crippen LogP contribution in [0.25, 0.3) is 0 Å². The van der Waals surface area contributed by atoms with Crippen LogP contribution in [-0.4, -0.2) is 52.2 Å². The number of anilines is 4. The molecule has 0 fully saturated rings. The molecule has 0 saturated heterocycles.